The number of unbranched alkanes of at least 4 members (excludes halogenated alkanes) is 2. The van der Waals surface area contributed by atoms with Crippen molar-refractivity contribution in [1.82, 2.24) is 14.9 Å². The predicted molar refractivity (Wildman–Crippen MR) is 126 cm³/mol. The number of aryl methyl sites for hydroxylation is 2. The first-order chi connectivity index (χ1) is 14.6. The fourth-order valence-electron chi connectivity index (χ4n) is 4.70. The maximum Gasteiger partial charge on any atom is 0.222 e. The highest BCUT2D eigenvalue weighted by Gasteiger charge is 2.28. The number of nitrogens with zero attached hydrogens (tertiary/aromatic N) is 4. The second-order valence-corrected chi connectivity index (χ2v) is 10.2. The van der Waals surface area contributed by atoms with Crippen molar-refractivity contribution in [3.63, 3.8) is 0 Å². The number of anilines is 1. The minimum Gasteiger partial charge on any atom is -0.352 e. The van der Waals surface area contributed by atoms with Crippen LogP contribution in [0.5, 0.6) is 0 Å². The lowest BCUT2D eigenvalue weighted by Crippen LogP contribution is -2.49. The number of hydrogen-bond acceptors (Lipinski definition) is 5. The molecule has 0 spiro atoms. The number of amides is 1. The van der Waals surface area contributed by atoms with Gasteiger partial charge in [-0.15, -0.1) is 11.3 Å². The lowest BCUT2D eigenvalue weighted by Gasteiger charge is -2.36. The average molecular weight is 429 g/mol. The zero-order valence-corrected chi connectivity index (χ0v) is 19.7. The summed E-state index contributed by atoms with van der Waals surface area (Å²) in [5.41, 5.74) is 1.51. The maximum absolute atomic E-state index is 12.4. The van der Waals surface area contributed by atoms with Crippen LogP contribution >= 0.6 is 11.3 Å². The highest BCUT2D eigenvalue weighted by molar-refractivity contribution is 7.19. The number of carbonyl (C=O) groups is 1. The summed E-state index contributed by atoms with van der Waals surface area (Å²) in [4.78, 5) is 29.7. The van der Waals surface area contributed by atoms with Gasteiger partial charge in [-0.05, 0) is 43.6 Å². The molecule has 0 aromatic carbocycles. The molecule has 1 saturated heterocycles. The number of carbonyl (C=O) groups excluding carboxylic acids is 1. The third kappa shape index (κ3) is 4.48. The van der Waals surface area contributed by atoms with Crippen LogP contribution in [0.3, 0.4) is 0 Å². The van der Waals surface area contributed by atoms with Crippen LogP contribution in [0, 0.1) is 5.92 Å². The Hall–Kier alpha value is -1.69. The van der Waals surface area contributed by atoms with Gasteiger partial charge in [0.2, 0.25) is 5.91 Å². The molecule has 0 bridgehead atoms. The summed E-state index contributed by atoms with van der Waals surface area (Å²) in [6.45, 7) is 10.1. The molecule has 1 aliphatic heterocycles. The molecule has 0 radical (unpaired) electrons. The van der Waals surface area contributed by atoms with E-state index < -0.39 is 0 Å². The first-order valence-electron chi connectivity index (χ1n) is 11.9. The van der Waals surface area contributed by atoms with Crippen LogP contribution in [0.25, 0.3) is 10.2 Å². The van der Waals surface area contributed by atoms with Crippen LogP contribution in [0.15, 0.2) is 0 Å². The molecular weight excluding hydrogens is 392 g/mol. The lowest BCUT2D eigenvalue weighted by molar-refractivity contribution is -0.131. The van der Waals surface area contributed by atoms with E-state index in [9.17, 15) is 4.79 Å². The highest BCUT2D eigenvalue weighted by atomic mass is 32.1. The molecule has 1 amide bonds. The van der Waals surface area contributed by atoms with E-state index in [1.165, 1.54) is 33.5 Å². The summed E-state index contributed by atoms with van der Waals surface area (Å²) in [7, 11) is 0. The Morgan fingerprint density at radius 2 is 1.87 bits per heavy atom. The Bertz CT molecular complexity index is 885. The molecule has 1 atom stereocenters. The third-order valence-electron chi connectivity index (χ3n) is 6.61. The highest BCUT2D eigenvalue weighted by Crippen LogP contribution is 2.41. The molecule has 1 aliphatic carbocycles. The molecule has 5 nitrogen and oxygen atoms in total. The first-order valence-corrected chi connectivity index (χ1v) is 12.8. The van der Waals surface area contributed by atoms with Gasteiger partial charge in [-0.2, -0.15) is 0 Å². The van der Waals surface area contributed by atoms with Gasteiger partial charge in [0.1, 0.15) is 16.5 Å². The van der Waals surface area contributed by atoms with Gasteiger partial charge in [0, 0.05) is 43.9 Å². The summed E-state index contributed by atoms with van der Waals surface area (Å²) < 4.78 is 0. The predicted octanol–water partition coefficient (Wildman–Crippen LogP) is 5.00. The number of fused-ring (bicyclic) bond motifs is 3. The quantitative estimate of drug-likeness (QED) is 0.623. The Balaban J connectivity index is 1.61. The summed E-state index contributed by atoms with van der Waals surface area (Å²) in [5.74, 6) is 3.21. The van der Waals surface area contributed by atoms with Crippen LogP contribution in [0.2, 0.25) is 0 Å². The number of piperazine rings is 1. The van der Waals surface area contributed by atoms with E-state index in [1.807, 2.05) is 16.2 Å². The van der Waals surface area contributed by atoms with E-state index in [-0.39, 0.29) is 0 Å². The molecule has 3 heterocycles. The zero-order chi connectivity index (χ0) is 21.1. The molecule has 0 N–H and O–H groups in total. The summed E-state index contributed by atoms with van der Waals surface area (Å²) >= 11 is 1.90. The van der Waals surface area contributed by atoms with Gasteiger partial charge in [-0.1, -0.05) is 33.6 Å². The normalized spacial score (nSPS) is 19.4. The molecule has 2 aromatic rings. The van der Waals surface area contributed by atoms with Crippen LogP contribution in [0.1, 0.15) is 75.6 Å². The van der Waals surface area contributed by atoms with Gasteiger partial charge in [-0.3, -0.25) is 4.79 Å². The van der Waals surface area contributed by atoms with Crippen molar-refractivity contribution in [3.05, 3.63) is 16.3 Å². The first kappa shape index (κ1) is 21.5. The van der Waals surface area contributed by atoms with Crippen molar-refractivity contribution in [2.75, 3.05) is 31.1 Å². The van der Waals surface area contributed by atoms with E-state index in [1.54, 1.807) is 0 Å². The third-order valence-corrected chi connectivity index (χ3v) is 7.76. The summed E-state index contributed by atoms with van der Waals surface area (Å²) in [6.07, 6.45) is 9.59. The van der Waals surface area contributed by atoms with Gasteiger partial charge >= 0.3 is 0 Å². The smallest absolute Gasteiger partial charge is 0.222 e. The second kappa shape index (κ2) is 9.63. The Morgan fingerprint density at radius 1 is 1.10 bits per heavy atom. The van der Waals surface area contributed by atoms with E-state index in [0.717, 1.165) is 82.3 Å². The molecule has 1 fully saturated rings. The Kier molecular flexibility index (Phi) is 6.91. The average Bonchev–Trinajstić information content (AvgIpc) is 3.12. The van der Waals surface area contributed by atoms with Crippen molar-refractivity contribution in [2.24, 2.45) is 5.92 Å². The van der Waals surface area contributed by atoms with E-state index in [2.05, 4.69) is 25.7 Å². The van der Waals surface area contributed by atoms with Crippen LogP contribution in [-0.4, -0.2) is 47.0 Å². The van der Waals surface area contributed by atoms with Crippen molar-refractivity contribution in [2.45, 2.75) is 78.6 Å². The van der Waals surface area contributed by atoms with E-state index in [0.29, 0.717) is 12.3 Å². The summed E-state index contributed by atoms with van der Waals surface area (Å²) in [6, 6.07) is 0. The maximum atomic E-state index is 12.4. The molecule has 4 rings (SSSR count). The molecule has 6 heteroatoms. The standard InChI is InChI=1S/C24H36N4OS/c1-4-6-8-20-25-23(28-14-12-27(13-15-28)21(29)9-7-5-2)22-18-11-10-17(3)16-19(18)30-24(22)26-20/h17H,4-16H2,1-3H3. The zero-order valence-electron chi connectivity index (χ0n) is 18.9. The fraction of sp³-hybridized carbons (Fsp3) is 0.708. The molecule has 2 aromatic heterocycles. The van der Waals surface area contributed by atoms with Gasteiger partial charge in [0.15, 0.2) is 0 Å². The molecule has 30 heavy (non-hydrogen) atoms. The summed E-state index contributed by atoms with van der Waals surface area (Å²) in [5, 5.41) is 1.31. The van der Waals surface area contributed by atoms with Crippen molar-refractivity contribution in [3.8, 4) is 0 Å². The van der Waals surface area contributed by atoms with Crippen molar-refractivity contribution < 1.29 is 4.79 Å². The molecule has 164 valence electrons. The number of rotatable bonds is 7. The molecule has 0 saturated carbocycles. The van der Waals surface area contributed by atoms with E-state index >= 15 is 0 Å². The Morgan fingerprint density at radius 3 is 2.60 bits per heavy atom. The van der Waals surface area contributed by atoms with Crippen molar-refractivity contribution in [1.29, 1.82) is 0 Å². The topological polar surface area (TPSA) is 49.3 Å². The lowest BCUT2D eigenvalue weighted by atomic mass is 9.89. The number of aromatic nitrogens is 2. The largest absolute Gasteiger partial charge is 0.352 e. The molecular formula is C24H36N4OS. The van der Waals surface area contributed by atoms with Crippen LogP contribution in [-0.2, 0) is 24.1 Å². The van der Waals surface area contributed by atoms with Crippen LogP contribution < -0.4 is 4.90 Å². The monoisotopic (exact) mass is 428 g/mol. The molecule has 2 aliphatic rings. The Labute approximate surface area is 184 Å². The minimum atomic E-state index is 0.315. The molecule has 1 unspecified atom stereocenters. The second-order valence-electron chi connectivity index (χ2n) is 9.07. The van der Waals surface area contributed by atoms with Gasteiger partial charge in [0.05, 0.1) is 5.39 Å². The van der Waals surface area contributed by atoms with Gasteiger partial charge < -0.3 is 9.80 Å². The van der Waals surface area contributed by atoms with Gasteiger partial charge in [0.25, 0.3) is 0 Å². The number of thiophene rings is 1. The minimum absolute atomic E-state index is 0.315. The number of hydrogen-bond donors (Lipinski definition) is 0. The van der Waals surface area contributed by atoms with Crippen LogP contribution in [0.4, 0.5) is 5.82 Å². The fourth-order valence-corrected chi connectivity index (χ4v) is 6.09. The van der Waals surface area contributed by atoms with E-state index in [4.69, 9.17) is 9.97 Å². The SMILES string of the molecule is CCCCC(=O)N1CCN(c2nc(CCCC)nc3sc4c(c23)CCC(C)C4)CC1. The van der Waals surface area contributed by atoms with Gasteiger partial charge in [-0.25, -0.2) is 9.97 Å². The van der Waals surface area contributed by atoms with Crippen molar-refractivity contribution >= 4 is 33.3 Å².